The van der Waals surface area contributed by atoms with E-state index < -0.39 is 7.94 Å². The van der Waals surface area contributed by atoms with Gasteiger partial charge in [-0.1, -0.05) is 0 Å². The first kappa shape index (κ1) is 14.3. The predicted molar refractivity (Wildman–Crippen MR) is 64.2 cm³/mol. The van der Waals surface area contributed by atoms with Gasteiger partial charge in [-0.05, 0) is 13.8 Å². The standard InChI is InChI=1S/C9H25N3OP/c1-9(2)13-14(10(3)4,11(5)6)12(7)8/h9H,1-8H3/q+1. The second-order valence-corrected chi connectivity index (χ2v) is 7.85. The molecule has 0 atom stereocenters. The van der Waals surface area contributed by atoms with Gasteiger partial charge in [-0.3, -0.25) is 0 Å². The third-order valence-electron chi connectivity index (χ3n) is 1.92. The first-order valence-corrected chi connectivity index (χ1v) is 6.42. The molecule has 86 valence electrons. The average Bonchev–Trinajstić information content (AvgIpc) is 1.97. The van der Waals surface area contributed by atoms with Gasteiger partial charge in [-0.25, -0.2) is 0 Å². The van der Waals surface area contributed by atoms with Crippen LogP contribution in [-0.2, 0) is 4.52 Å². The molecule has 4 nitrogen and oxygen atoms in total. The molecule has 0 bridgehead atoms. The molecule has 0 spiro atoms. The molecule has 0 N–H and O–H groups in total. The zero-order valence-corrected chi connectivity index (χ0v) is 11.7. The van der Waals surface area contributed by atoms with Gasteiger partial charge in [-0.15, -0.1) is 14.0 Å². The van der Waals surface area contributed by atoms with Crippen molar-refractivity contribution in [2.24, 2.45) is 0 Å². The Balaban J connectivity index is 4.95. The van der Waals surface area contributed by atoms with E-state index in [1.54, 1.807) is 0 Å². The summed E-state index contributed by atoms with van der Waals surface area (Å²) in [6, 6.07) is 0. The second-order valence-electron chi connectivity index (χ2n) is 4.21. The molecule has 0 rings (SSSR count). The summed E-state index contributed by atoms with van der Waals surface area (Å²) in [7, 11) is 10.6. The number of rotatable bonds is 5. The Morgan fingerprint density at radius 3 is 1.14 bits per heavy atom. The SMILES string of the molecule is CC(C)O[P+](N(C)C)(N(C)C)N(C)C. The summed E-state index contributed by atoms with van der Waals surface area (Å²) in [4.78, 5) is 0. The molecule has 0 aromatic heterocycles. The maximum absolute atomic E-state index is 6.11. The Morgan fingerprint density at radius 2 is 1.07 bits per heavy atom. The van der Waals surface area contributed by atoms with E-state index in [4.69, 9.17) is 4.52 Å². The fourth-order valence-electron chi connectivity index (χ4n) is 1.64. The van der Waals surface area contributed by atoms with Gasteiger partial charge in [0.15, 0.2) is 0 Å². The summed E-state index contributed by atoms with van der Waals surface area (Å²) in [6.45, 7) is 4.15. The highest BCUT2D eigenvalue weighted by Crippen LogP contribution is 2.65. The van der Waals surface area contributed by atoms with Crippen molar-refractivity contribution in [3.63, 3.8) is 0 Å². The fourth-order valence-corrected chi connectivity index (χ4v) is 4.92. The monoisotopic (exact) mass is 222 g/mol. The molecule has 0 heterocycles. The molecule has 14 heavy (non-hydrogen) atoms. The van der Waals surface area contributed by atoms with Gasteiger partial charge in [0.1, 0.15) is 6.10 Å². The summed E-state index contributed by atoms with van der Waals surface area (Å²) in [5, 5.41) is 0. The van der Waals surface area contributed by atoms with Crippen LogP contribution in [0.1, 0.15) is 13.8 Å². The molecule has 0 aromatic carbocycles. The lowest BCUT2D eigenvalue weighted by atomic mass is 10.5. The molecule has 0 aliphatic rings. The van der Waals surface area contributed by atoms with Gasteiger partial charge < -0.3 is 0 Å². The van der Waals surface area contributed by atoms with E-state index in [1.165, 1.54) is 0 Å². The summed E-state index contributed by atoms with van der Waals surface area (Å²) in [5.41, 5.74) is 0. The number of hydrogen-bond acceptors (Lipinski definition) is 4. The van der Waals surface area contributed by atoms with Gasteiger partial charge in [0, 0.05) is 42.3 Å². The summed E-state index contributed by atoms with van der Waals surface area (Å²) >= 11 is 0. The number of nitrogens with zero attached hydrogens (tertiary/aromatic N) is 3. The zero-order valence-electron chi connectivity index (χ0n) is 10.8. The van der Waals surface area contributed by atoms with Gasteiger partial charge in [0.25, 0.3) is 0 Å². The van der Waals surface area contributed by atoms with E-state index in [0.717, 1.165) is 0 Å². The van der Waals surface area contributed by atoms with Crippen LogP contribution in [0.25, 0.3) is 0 Å². The Bertz CT molecular complexity index is 150. The first-order chi connectivity index (χ1) is 6.25. The summed E-state index contributed by atoms with van der Waals surface area (Å²) in [6.07, 6.45) is 0.232. The molecule has 0 aliphatic carbocycles. The van der Waals surface area contributed by atoms with Crippen LogP contribution in [0.2, 0.25) is 0 Å². The first-order valence-electron chi connectivity index (χ1n) is 4.86. The normalized spacial score (nSPS) is 13.7. The average molecular weight is 222 g/mol. The van der Waals surface area contributed by atoms with E-state index in [0.29, 0.717) is 0 Å². The van der Waals surface area contributed by atoms with E-state index in [1.807, 2.05) is 0 Å². The summed E-state index contributed by atoms with van der Waals surface area (Å²) < 4.78 is 12.6. The zero-order chi connectivity index (χ0) is 11.5. The lowest BCUT2D eigenvalue weighted by Gasteiger charge is -2.38. The van der Waals surface area contributed by atoms with Crippen LogP contribution in [0.5, 0.6) is 0 Å². The lowest BCUT2D eigenvalue weighted by molar-refractivity contribution is 0.188. The largest absolute Gasteiger partial charge is 0.369 e. The molecule has 5 heteroatoms. The van der Waals surface area contributed by atoms with Crippen LogP contribution < -0.4 is 0 Å². The predicted octanol–water partition coefficient (Wildman–Crippen LogP) is 1.77. The van der Waals surface area contributed by atoms with Crippen molar-refractivity contribution in [3.8, 4) is 0 Å². The molecular weight excluding hydrogens is 197 g/mol. The second kappa shape index (κ2) is 5.38. The molecule has 0 saturated heterocycles. The third kappa shape index (κ3) is 2.88. The van der Waals surface area contributed by atoms with E-state index >= 15 is 0 Å². The van der Waals surface area contributed by atoms with Gasteiger partial charge in [-0.2, -0.15) is 4.52 Å². The minimum Gasteiger partial charge on any atom is -0.179 e. The molecule has 0 aliphatic heterocycles. The Labute approximate surface area is 89.4 Å². The van der Waals surface area contributed by atoms with Crippen molar-refractivity contribution in [1.29, 1.82) is 0 Å². The minimum absolute atomic E-state index is 0.232. The molecular formula is C9H25N3OP+. The van der Waals surface area contributed by atoms with Crippen LogP contribution in [0.15, 0.2) is 0 Å². The van der Waals surface area contributed by atoms with E-state index in [9.17, 15) is 0 Å². The molecule has 0 amide bonds. The van der Waals surface area contributed by atoms with E-state index in [-0.39, 0.29) is 6.10 Å². The summed E-state index contributed by atoms with van der Waals surface area (Å²) in [5.74, 6) is 0. The molecule has 0 fully saturated rings. The van der Waals surface area contributed by atoms with Crippen LogP contribution in [0.4, 0.5) is 0 Å². The van der Waals surface area contributed by atoms with Crippen molar-refractivity contribution >= 4 is 7.94 Å². The van der Waals surface area contributed by atoms with Crippen LogP contribution in [0, 0.1) is 0 Å². The minimum atomic E-state index is -1.77. The quantitative estimate of drug-likeness (QED) is 0.660. The topological polar surface area (TPSA) is 19.0 Å². The van der Waals surface area contributed by atoms with Crippen LogP contribution >= 0.6 is 7.94 Å². The van der Waals surface area contributed by atoms with Crippen molar-refractivity contribution in [3.05, 3.63) is 0 Å². The van der Waals surface area contributed by atoms with Crippen molar-refractivity contribution in [1.82, 2.24) is 14.0 Å². The Morgan fingerprint density at radius 1 is 0.786 bits per heavy atom. The van der Waals surface area contributed by atoms with Gasteiger partial charge in [0.05, 0.1) is 0 Å². The Hall–Kier alpha value is 0.270. The highest BCUT2D eigenvalue weighted by Gasteiger charge is 2.51. The van der Waals surface area contributed by atoms with Gasteiger partial charge in [0.2, 0.25) is 0 Å². The molecule has 0 aromatic rings. The number of hydrogen-bond donors (Lipinski definition) is 0. The van der Waals surface area contributed by atoms with Crippen molar-refractivity contribution in [2.45, 2.75) is 20.0 Å². The van der Waals surface area contributed by atoms with Crippen molar-refractivity contribution < 1.29 is 4.52 Å². The van der Waals surface area contributed by atoms with Crippen LogP contribution in [-0.4, -0.2) is 62.4 Å². The maximum Gasteiger partial charge on any atom is 0.369 e. The smallest absolute Gasteiger partial charge is 0.179 e. The molecule has 0 radical (unpaired) electrons. The fraction of sp³-hybridized carbons (Fsp3) is 1.00. The molecule has 0 unspecified atom stereocenters. The van der Waals surface area contributed by atoms with Crippen molar-refractivity contribution in [2.75, 3.05) is 42.3 Å². The third-order valence-corrected chi connectivity index (χ3v) is 5.75. The Kier molecular flexibility index (Phi) is 5.48. The highest BCUT2D eigenvalue weighted by molar-refractivity contribution is 7.64. The maximum atomic E-state index is 6.11. The lowest BCUT2D eigenvalue weighted by Crippen LogP contribution is -2.38. The van der Waals surface area contributed by atoms with E-state index in [2.05, 4.69) is 70.1 Å². The van der Waals surface area contributed by atoms with Gasteiger partial charge >= 0.3 is 7.94 Å². The van der Waals surface area contributed by atoms with Crippen LogP contribution in [0.3, 0.4) is 0 Å². The highest BCUT2D eigenvalue weighted by atomic mass is 31.2. The molecule has 0 saturated carbocycles.